The lowest BCUT2D eigenvalue weighted by Crippen LogP contribution is -2.48. The fraction of sp³-hybridized carbons (Fsp3) is 0.250. The minimum absolute atomic E-state index is 0.0611. The minimum atomic E-state index is -0.996. The fourth-order valence-electron chi connectivity index (χ4n) is 1.71. The molecule has 0 unspecified atom stereocenters. The standard InChI is InChI=1S/C16H15F2N5O3/c1-16(2,3)25-15(24)23(14-10(7-19)8-20-9-21-14)22-26-13-5-4-11(17)6-12(13)18/h4-6,8-9,22H,1-3H3. The van der Waals surface area contributed by atoms with Gasteiger partial charge in [0.25, 0.3) is 0 Å². The molecule has 10 heteroatoms. The Balaban J connectivity index is 2.31. The Morgan fingerprint density at radius 1 is 1.35 bits per heavy atom. The molecule has 2 rings (SSSR count). The average Bonchev–Trinajstić information content (AvgIpc) is 2.55. The van der Waals surface area contributed by atoms with Crippen molar-refractivity contribution in [3.05, 3.63) is 47.9 Å². The molecule has 0 aliphatic carbocycles. The first-order chi connectivity index (χ1) is 12.2. The lowest BCUT2D eigenvalue weighted by Gasteiger charge is -2.26. The van der Waals surface area contributed by atoms with Gasteiger partial charge in [0.1, 0.15) is 29.4 Å². The van der Waals surface area contributed by atoms with Gasteiger partial charge in [0.05, 0.1) is 6.20 Å². The molecule has 1 amide bonds. The second-order valence-electron chi connectivity index (χ2n) is 5.96. The number of halogens is 2. The number of benzene rings is 1. The topological polar surface area (TPSA) is 100 Å². The summed E-state index contributed by atoms with van der Waals surface area (Å²) in [6.07, 6.45) is 1.32. The number of rotatable bonds is 4. The number of nitrogens with zero attached hydrogens (tertiary/aromatic N) is 4. The maximum absolute atomic E-state index is 13.7. The van der Waals surface area contributed by atoms with Gasteiger partial charge in [-0.3, -0.25) is 0 Å². The summed E-state index contributed by atoms with van der Waals surface area (Å²) in [5.74, 6) is -2.34. The first-order valence-corrected chi connectivity index (χ1v) is 7.32. The van der Waals surface area contributed by atoms with E-state index in [1.54, 1.807) is 20.8 Å². The average molecular weight is 363 g/mol. The molecule has 0 fully saturated rings. The van der Waals surface area contributed by atoms with Crippen LogP contribution >= 0.6 is 0 Å². The van der Waals surface area contributed by atoms with E-state index < -0.39 is 23.3 Å². The van der Waals surface area contributed by atoms with E-state index in [-0.39, 0.29) is 17.1 Å². The van der Waals surface area contributed by atoms with Gasteiger partial charge in [0.2, 0.25) is 0 Å². The van der Waals surface area contributed by atoms with Crippen LogP contribution in [0.25, 0.3) is 0 Å². The molecule has 0 aliphatic rings. The van der Waals surface area contributed by atoms with Crippen molar-refractivity contribution in [2.45, 2.75) is 26.4 Å². The van der Waals surface area contributed by atoms with Crippen LogP contribution < -0.4 is 15.4 Å². The molecule has 0 aliphatic heterocycles. The van der Waals surface area contributed by atoms with Gasteiger partial charge in [-0.15, -0.1) is 0 Å². The summed E-state index contributed by atoms with van der Waals surface area (Å²) >= 11 is 0. The zero-order valence-corrected chi connectivity index (χ0v) is 14.2. The Morgan fingerprint density at radius 3 is 2.69 bits per heavy atom. The first kappa shape index (κ1) is 19.0. The van der Waals surface area contributed by atoms with Crippen molar-refractivity contribution in [3.63, 3.8) is 0 Å². The number of hydrazine groups is 1. The van der Waals surface area contributed by atoms with Crippen molar-refractivity contribution in [1.82, 2.24) is 15.6 Å². The van der Waals surface area contributed by atoms with Crippen molar-refractivity contribution < 1.29 is 23.1 Å². The molecule has 0 saturated heterocycles. The molecule has 26 heavy (non-hydrogen) atoms. The Labute approximate surface area is 147 Å². The predicted molar refractivity (Wildman–Crippen MR) is 85.6 cm³/mol. The van der Waals surface area contributed by atoms with E-state index >= 15 is 0 Å². The largest absolute Gasteiger partial charge is 0.442 e. The lowest BCUT2D eigenvalue weighted by molar-refractivity contribution is 0.0467. The summed E-state index contributed by atoms with van der Waals surface area (Å²) in [7, 11) is 0. The zero-order chi connectivity index (χ0) is 19.3. The Morgan fingerprint density at radius 2 is 2.08 bits per heavy atom. The van der Waals surface area contributed by atoms with Crippen LogP contribution in [0.4, 0.5) is 19.4 Å². The molecular formula is C16H15F2N5O3. The van der Waals surface area contributed by atoms with Crippen molar-refractivity contribution >= 4 is 11.9 Å². The predicted octanol–water partition coefficient (Wildman–Crippen LogP) is 2.87. The number of amides is 1. The van der Waals surface area contributed by atoms with E-state index in [1.807, 2.05) is 6.07 Å². The number of carbonyl (C=O) groups excluding carboxylic acids is 1. The molecule has 1 aromatic carbocycles. The van der Waals surface area contributed by atoms with E-state index in [2.05, 4.69) is 15.6 Å². The van der Waals surface area contributed by atoms with Gasteiger partial charge in [0, 0.05) is 6.07 Å². The highest BCUT2D eigenvalue weighted by Crippen LogP contribution is 2.20. The quantitative estimate of drug-likeness (QED) is 0.834. The van der Waals surface area contributed by atoms with Crippen LogP contribution in [0.15, 0.2) is 30.7 Å². The van der Waals surface area contributed by atoms with Crippen LogP contribution in [0.2, 0.25) is 0 Å². The molecular weight excluding hydrogens is 348 g/mol. The van der Waals surface area contributed by atoms with Gasteiger partial charge in [-0.25, -0.2) is 23.5 Å². The van der Waals surface area contributed by atoms with E-state index in [1.165, 1.54) is 6.20 Å². The lowest BCUT2D eigenvalue weighted by atomic mass is 10.2. The maximum atomic E-state index is 13.7. The molecule has 0 saturated carbocycles. The summed E-state index contributed by atoms with van der Waals surface area (Å²) in [6, 6.07) is 4.43. The third kappa shape index (κ3) is 4.84. The Hall–Kier alpha value is -3.32. The van der Waals surface area contributed by atoms with E-state index in [9.17, 15) is 13.6 Å². The Bertz CT molecular complexity index is 849. The number of nitriles is 1. The highest BCUT2D eigenvalue weighted by atomic mass is 19.1. The number of nitrogens with one attached hydrogen (secondary N) is 1. The summed E-state index contributed by atoms with van der Waals surface area (Å²) in [4.78, 5) is 25.0. The number of carbonyl (C=O) groups is 1. The molecule has 136 valence electrons. The van der Waals surface area contributed by atoms with E-state index in [0.29, 0.717) is 11.1 Å². The molecule has 0 bridgehead atoms. The summed E-state index contributed by atoms with van der Waals surface area (Å²) in [6.45, 7) is 4.90. The number of anilines is 1. The molecule has 0 spiro atoms. The summed E-state index contributed by atoms with van der Waals surface area (Å²) in [5, 5.41) is 9.84. The van der Waals surface area contributed by atoms with E-state index in [4.69, 9.17) is 14.8 Å². The van der Waals surface area contributed by atoms with Gasteiger partial charge in [0.15, 0.2) is 17.4 Å². The molecule has 0 atom stereocenters. The van der Waals surface area contributed by atoms with Crippen molar-refractivity contribution in [2.24, 2.45) is 0 Å². The molecule has 1 N–H and O–H groups in total. The van der Waals surface area contributed by atoms with Crippen molar-refractivity contribution in [2.75, 3.05) is 5.01 Å². The number of ether oxygens (including phenoxy) is 1. The van der Waals surface area contributed by atoms with Crippen LogP contribution in [0.1, 0.15) is 26.3 Å². The first-order valence-electron chi connectivity index (χ1n) is 7.32. The van der Waals surface area contributed by atoms with Gasteiger partial charge in [-0.1, -0.05) is 5.59 Å². The zero-order valence-electron chi connectivity index (χ0n) is 14.2. The van der Waals surface area contributed by atoms with Crippen molar-refractivity contribution in [3.8, 4) is 11.8 Å². The normalized spacial score (nSPS) is 10.8. The number of hydrogen-bond donors (Lipinski definition) is 1. The number of aromatic nitrogens is 2. The van der Waals surface area contributed by atoms with Gasteiger partial charge in [-0.05, 0) is 32.9 Å². The molecule has 1 aromatic heterocycles. The summed E-state index contributed by atoms with van der Waals surface area (Å²) in [5.41, 5.74) is 1.24. The van der Waals surface area contributed by atoms with Gasteiger partial charge in [-0.2, -0.15) is 10.3 Å². The van der Waals surface area contributed by atoms with Crippen LogP contribution in [0.3, 0.4) is 0 Å². The van der Waals surface area contributed by atoms with Crippen LogP contribution in [-0.4, -0.2) is 21.7 Å². The molecule has 8 nitrogen and oxygen atoms in total. The molecule has 1 heterocycles. The maximum Gasteiger partial charge on any atom is 0.433 e. The van der Waals surface area contributed by atoms with Crippen LogP contribution in [-0.2, 0) is 4.74 Å². The monoisotopic (exact) mass is 363 g/mol. The smallest absolute Gasteiger partial charge is 0.433 e. The third-order valence-electron chi connectivity index (χ3n) is 2.74. The molecule has 2 aromatic rings. The van der Waals surface area contributed by atoms with Gasteiger partial charge < -0.3 is 9.57 Å². The van der Waals surface area contributed by atoms with Crippen molar-refractivity contribution in [1.29, 1.82) is 5.26 Å². The summed E-state index contributed by atoms with van der Waals surface area (Å²) < 4.78 is 31.9. The van der Waals surface area contributed by atoms with Gasteiger partial charge >= 0.3 is 6.09 Å². The minimum Gasteiger partial charge on any atom is -0.442 e. The second-order valence-corrected chi connectivity index (χ2v) is 5.96. The highest BCUT2D eigenvalue weighted by Gasteiger charge is 2.27. The molecule has 0 radical (unpaired) electrons. The highest BCUT2D eigenvalue weighted by molar-refractivity contribution is 5.86. The SMILES string of the molecule is CC(C)(C)OC(=O)N(NOc1ccc(F)cc1F)c1ncncc1C#N. The second kappa shape index (κ2) is 7.71. The van der Waals surface area contributed by atoms with Crippen LogP contribution in [0.5, 0.6) is 5.75 Å². The van der Waals surface area contributed by atoms with Crippen LogP contribution in [0, 0.1) is 23.0 Å². The fourth-order valence-corrected chi connectivity index (χ4v) is 1.71. The number of hydrogen-bond acceptors (Lipinski definition) is 7. The van der Waals surface area contributed by atoms with E-state index in [0.717, 1.165) is 18.5 Å². The third-order valence-corrected chi connectivity index (χ3v) is 2.74. The Kier molecular flexibility index (Phi) is 5.64.